The Morgan fingerprint density at radius 1 is 0.630 bits per heavy atom. The lowest BCUT2D eigenvalue weighted by atomic mass is 9.54. The van der Waals surface area contributed by atoms with Crippen LogP contribution in [-0.2, 0) is 16.2 Å². The van der Waals surface area contributed by atoms with E-state index in [0.717, 1.165) is 5.69 Å². The molecule has 0 unspecified atom stereocenters. The molecule has 2 aliphatic carbocycles. The van der Waals surface area contributed by atoms with Gasteiger partial charge < -0.3 is 0 Å². The van der Waals surface area contributed by atoms with Crippen LogP contribution in [0.1, 0.15) is 63.8 Å². The van der Waals surface area contributed by atoms with E-state index < -0.39 is 0 Å². The third-order valence-electron chi connectivity index (χ3n) is 7.67. The highest BCUT2D eigenvalue weighted by atomic mass is 14.7. The fraction of sp³-hybridized carbons (Fsp3) is 0.346. The second-order valence-electron chi connectivity index (χ2n) is 9.73. The van der Waals surface area contributed by atoms with Crippen LogP contribution in [0.3, 0.4) is 0 Å². The van der Waals surface area contributed by atoms with Crippen molar-refractivity contribution in [2.24, 2.45) is 0 Å². The molecule has 1 nitrogen and oxygen atoms in total. The van der Waals surface area contributed by atoms with Gasteiger partial charge in [0.15, 0.2) is 0 Å². The molecular formula is C26H27N. The minimum Gasteiger partial charge on any atom is -0.256 e. The van der Waals surface area contributed by atoms with Gasteiger partial charge in [-0.05, 0) is 50.3 Å². The Balaban J connectivity index is 1.96. The predicted molar refractivity (Wildman–Crippen MR) is 113 cm³/mol. The summed E-state index contributed by atoms with van der Waals surface area (Å²) in [6, 6.07) is 18.0. The zero-order valence-electron chi connectivity index (χ0n) is 17.1. The van der Waals surface area contributed by atoms with Crippen LogP contribution in [0.15, 0.2) is 54.7 Å². The summed E-state index contributed by atoms with van der Waals surface area (Å²) >= 11 is 0. The normalized spacial score (nSPS) is 19.6. The van der Waals surface area contributed by atoms with Crippen molar-refractivity contribution in [2.75, 3.05) is 0 Å². The maximum atomic E-state index is 4.77. The monoisotopic (exact) mass is 353 g/mol. The number of aromatic nitrogens is 1. The highest BCUT2D eigenvalue weighted by molar-refractivity contribution is 5.91. The van der Waals surface area contributed by atoms with E-state index in [0.29, 0.717) is 0 Å². The van der Waals surface area contributed by atoms with Gasteiger partial charge in [0.1, 0.15) is 0 Å². The predicted octanol–water partition coefficient (Wildman–Crippen LogP) is 6.62. The van der Waals surface area contributed by atoms with E-state index in [1.807, 2.05) is 6.20 Å². The molecule has 0 N–H and O–H groups in total. The van der Waals surface area contributed by atoms with Crippen LogP contribution in [0, 0.1) is 0 Å². The molecule has 0 saturated heterocycles. The molecule has 1 aromatic heterocycles. The zero-order chi connectivity index (χ0) is 19.2. The minimum atomic E-state index is -0.0467. The SMILES string of the molecule is CC1(C)c2cccnc2-c2ccc3c(c21)-c1ccccc1C(C)(C)C3(C)C. The Labute approximate surface area is 162 Å². The molecule has 0 atom stereocenters. The summed E-state index contributed by atoms with van der Waals surface area (Å²) in [5.41, 5.74) is 11.1. The first-order valence-electron chi connectivity index (χ1n) is 9.93. The average molecular weight is 354 g/mol. The third kappa shape index (κ3) is 1.83. The molecule has 0 spiro atoms. The number of hydrogen-bond donors (Lipinski definition) is 0. The first kappa shape index (κ1) is 16.7. The molecule has 2 aromatic carbocycles. The number of rotatable bonds is 0. The van der Waals surface area contributed by atoms with Gasteiger partial charge in [0.2, 0.25) is 0 Å². The molecule has 27 heavy (non-hydrogen) atoms. The van der Waals surface area contributed by atoms with Crippen molar-refractivity contribution >= 4 is 0 Å². The van der Waals surface area contributed by atoms with Gasteiger partial charge in [-0.2, -0.15) is 0 Å². The van der Waals surface area contributed by atoms with Crippen LogP contribution in [0.4, 0.5) is 0 Å². The fourth-order valence-corrected chi connectivity index (χ4v) is 5.43. The number of hydrogen-bond acceptors (Lipinski definition) is 1. The molecule has 1 heteroatoms. The molecule has 0 radical (unpaired) electrons. The van der Waals surface area contributed by atoms with E-state index in [1.165, 1.54) is 38.9 Å². The summed E-state index contributed by atoms with van der Waals surface area (Å²) in [6.07, 6.45) is 1.92. The van der Waals surface area contributed by atoms with Crippen LogP contribution in [0.2, 0.25) is 0 Å². The fourth-order valence-electron chi connectivity index (χ4n) is 5.43. The van der Waals surface area contributed by atoms with Crippen molar-refractivity contribution in [3.8, 4) is 22.4 Å². The van der Waals surface area contributed by atoms with Crippen LogP contribution in [0.25, 0.3) is 22.4 Å². The number of benzene rings is 2. The van der Waals surface area contributed by atoms with Gasteiger partial charge in [-0.1, -0.05) is 84.0 Å². The van der Waals surface area contributed by atoms with Gasteiger partial charge in [0.05, 0.1) is 5.69 Å². The van der Waals surface area contributed by atoms with E-state index in [9.17, 15) is 0 Å². The smallest absolute Gasteiger partial charge is 0.0746 e. The summed E-state index contributed by atoms with van der Waals surface area (Å²) < 4.78 is 0. The third-order valence-corrected chi connectivity index (χ3v) is 7.67. The molecule has 5 rings (SSSR count). The summed E-state index contributed by atoms with van der Waals surface area (Å²) in [7, 11) is 0. The largest absolute Gasteiger partial charge is 0.256 e. The molecule has 2 aliphatic rings. The highest BCUT2D eigenvalue weighted by Crippen LogP contribution is 2.59. The summed E-state index contributed by atoms with van der Waals surface area (Å²) in [5, 5.41) is 0. The summed E-state index contributed by atoms with van der Waals surface area (Å²) in [4.78, 5) is 4.77. The average Bonchev–Trinajstić information content (AvgIpc) is 2.88. The van der Waals surface area contributed by atoms with Gasteiger partial charge in [-0.25, -0.2) is 0 Å². The molecule has 0 bridgehead atoms. The lowest BCUT2D eigenvalue weighted by Gasteiger charge is -2.49. The van der Waals surface area contributed by atoms with E-state index >= 15 is 0 Å². The molecule has 136 valence electrons. The van der Waals surface area contributed by atoms with E-state index in [4.69, 9.17) is 4.98 Å². The lowest BCUT2D eigenvalue weighted by molar-refractivity contribution is 0.298. The Morgan fingerprint density at radius 3 is 2.07 bits per heavy atom. The van der Waals surface area contributed by atoms with Crippen molar-refractivity contribution in [1.29, 1.82) is 0 Å². The lowest BCUT2D eigenvalue weighted by Crippen LogP contribution is -2.44. The molecule has 0 fully saturated rings. The number of fused-ring (bicyclic) bond motifs is 7. The Morgan fingerprint density at radius 2 is 1.30 bits per heavy atom. The summed E-state index contributed by atoms with van der Waals surface area (Å²) in [5.74, 6) is 0. The van der Waals surface area contributed by atoms with Crippen LogP contribution < -0.4 is 0 Å². The van der Waals surface area contributed by atoms with Gasteiger partial charge >= 0.3 is 0 Å². The molecule has 1 heterocycles. The molecule has 0 aliphatic heterocycles. The van der Waals surface area contributed by atoms with E-state index in [2.05, 4.69) is 90.1 Å². The second kappa shape index (κ2) is 4.90. The van der Waals surface area contributed by atoms with Crippen LogP contribution in [-0.4, -0.2) is 4.98 Å². The minimum absolute atomic E-state index is 0.0456. The summed E-state index contributed by atoms with van der Waals surface area (Å²) in [6.45, 7) is 14.3. The standard InChI is InChI=1S/C26H27N/c1-24(2)20-12-9-15-27-23(20)17-13-14-19-21(22(17)24)16-10-7-8-11-18(16)25(3,4)26(19,5)6/h7-15H,1-6H3. The maximum Gasteiger partial charge on any atom is 0.0746 e. The van der Waals surface area contributed by atoms with Crippen LogP contribution >= 0.6 is 0 Å². The van der Waals surface area contributed by atoms with Crippen LogP contribution in [0.5, 0.6) is 0 Å². The maximum absolute atomic E-state index is 4.77. The van der Waals surface area contributed by atoms with E-state index in [-0.39, 0.29) is 16.2 Å². The van der Waals surface area contributed by atoms with Crippen molar-refractivity contribution in [2.45, 2.75) is 57.8 Å². The van der Waals surface area contributed by atoms with E-state index in [1.54, 1.807) is 0 Å². The topological polar surface area (TPSA) is 12.9 Å². The van der Waals surface area contributed by atoms with Crippen molar-refractivity contribution in [3.63, 3.8) is 0 Å². The van der Waals surface area contributed by atoms with Crippen molar-refractivity contribution in [3.05, 3.63) is 77.0 Å². The van der Waals surface area contributed by atoms with Gasteiger partial charge in [0.25, 0.3) is 0 Å². The number of nitrogens with zero attached hydrogens (tertiary/aromatic N) is 1. The quantitative estimate of drug-likeness (QED) is 0.442. The van der Waals surface area contributed by atoms with Gasteiger partial charge in [-0.15, -0.1) is 0 Å². The molecule has 0 amide bonds. The highest BCUT2D eigenvalue weighted by Gasteiger charge is 2.49. The zero-order valence-corrected chi connectivity index (χ0v) is 17.1. The Hall–Kier alpha value is -2.41. The first-order valence-corrected chi connectivity index (χ1v) is 9.93. The van der Waals surface area contributed by atoms with Crippen molar-refractivity contribution < 1.29 is 0 Å². The molecule has 3 aromatic rings. The molecular weight excluding hydrogens is 326 g/mol. The first-order chi connectivity index (χ1) is 12.7. The number of pyridine rings is 1. The molecule has 0 saturated carbocycles. The second-order valence-corrected chi connectivity index (χ2v) is 9.73. The van der Waals surface area contributed by atoms with Gasteiger partial charge in [0, 0.05) is 17.2 Å². The Kier molecular flexibility index (Phi) is 3.04. The van der Waals surface area contributed by atoms with Gasteiger partial charge in [-0.3, -0.25) is 4.98 Å². The Bertz CT molecular complexity index is 1100. The van der Waals surface area contributed by atoms with Crippen molar-refractivity contribution in [1.82, 2.24) is 4.98 Å².